The number of ketones is 1. The van der Waals surface area contributed by atoms with Gasteiger partial charge in [-0.1, -0.05) is 20.4 Å². The number of carbonyl (C=O) groups is 2. The molecule has 1 N–H and O–H groups in total. The molecule has 74 valence electrons. The molecule has 0 fully saturated rings. The molecular weight excluding hydrogens is 166 g/mol. The van der Waals surface area contributed by atoms with E-state index in [0.29, 0.717) is 18.5 Å². The number of hydrogen-bond donors (Lipinski definition) is 1. The molecule has 0 aromatic heterocycles. The Morgan fingerprint density at radius 2 is 1.92 bits per heavy atom. The zero-order valence-corrected chi connectivity index (χ0v) is 8.52. The molecule has 0 radical (unpaired) electrons. The lowest BCUT2D eigenvalue weighted by atomic mass is 10.1. The Hall–Kier alpha value is -1.12. The van der Waals surface area contributed by atoms with E-state index in [1.54, 1.807) is 6.92 Å². The molecule has 1 amide bonds. The third-order valence-corrected chi connectivity index (χ3v) is 1.65. The van der Waals surface area contributed by atoms with Gasteiger partial charge in [-0.05, 0) is 12.5 Å². The van der Waals surface area contributed by atoms with Crippen LogP contribution in [0.2, 0.25) is 0 Å². The molecule has 0 aromatic rings. The minimum atomic E-state index is -0.0278. The molecule has 0 bridgehead atoms. The van der Waals surface area contributed by atoms with Crippen molar-refractivity contribution in [1.82, 2.24) is 5.32 Å². The van der Waals surface area contributed by atoms with Crippen LogP contribution in [-0.4, -0.2) is 18.2 Å². The van der Waals surface area contributed by atoms with Crippen LogP contribution >= 0.6 is 0 Å². The average Bonchev–Trinajstić information content (AvgIpc) is 2.03. The van der Waals surface area contributed by atoms with Crippen molar-refractivity contribution in [3.8, 4) is 0 Å². The van der Waals surface area contributed by atoms with Gasteiger partial charge in [0.05, 0.1) is 0 Å². The standard InChI is InChI=1S/C10H17NO2/c1-7(2)9(12)5-6-11-10(13)8(3)4/h8H,1,5-6H2,2-4H3,(H,11,13). The second-order valence-corrected chi connectivity index (χ2v) is 3.40. The summed E-state index contributed by atoms with van der Waals surface area (Å²) in [6.45, 7) is 9.24. The minimum Gasteiger partial charge on any atom is -0.355 e. The summed E-state index contributed by atoms with van der Waals surface area (Å²) < 4.78 is 0. The summed E-state index contributed by atoms with van der Waals surface area (Å²) in [6, 6.07) is 0. The van der Waals surface area contributed by atoms with Crippen LogP contribution in [0.1, 0.15) is 27.2 Å². The summed E-state index contributed by atoms with van der Waals surface area (Å²) in [5.41, 5.74) is 0.541. The first-order valence-electron chi connectivity index (χ1n) is 4.41. The first-order valence-corrected chi connectivity index (χ1v) is 4.41. The lowest BCUT2D eigenvalue weighted by Crippen LogP contribution is -2.29. The van der Waals surface area contributed by atoms with E-state index >= 15 is 0 Å². The summed E-state index contributed by atoms with van der Waals surface area (Å²) in [4.78, 5) is 22.1. The van der Waals surface area contributed by atoms with E-state index in [1.807, 2.05) is 13.8 Å². The highest BCUT2D eigenvalue weighted by atomic mass is 16.2. The predicted molar refractivity (Wildman–Crippen MR) is 52.3 cm³/mol. The maximum Gasteiger partial charge on any atom is 0.222 e. The van der Waals surface area contributed by atoms with Crippen LogP contribution in [0.3, 0.4) is 0 Å². The van der Waals surface area contributed by atoms with Crippen LogP contribution in [-0.2, 0) is 9.59 Å². The summed E-state index contributed by atoms with van der Waals surface area (Å²) in [6.07, 6.45) is 0.341. The van der Waals surface area contributed by atoms with Gasteiger partial charge >= 0.3 is 0 Å². The summed E-state index contributed by atoms with van der Waals surface area (Å²) in [5, 5.41) is 2.67. The van der Waals surface area contributed by atoms with Gasteiger partial charge < -0.3 is 5.32 Å². The van der Waals surface area contributed by atoms with Gasteiger partial charge in [-0.15, -0.1) is 0 Å². The number of rotatable bonds is 5. The molecule has 0 unspecified atom stereocenters. The fraction of sp³-hybridized carbons (Fsp3) is 0.600. The van der Waals surface area contributed by atoms with E-state index in [9.17, 15) is 9.59 Å². The van der Waals surface area contributed by atoms with Crippen LogP contribution in [0.25, 0.3) is 0 Å². The van der Waals surface area contributed by atoms with E-state index in [2.05, 4.69) is 11.9 Å². The average molecular weight is 183 g/mol. The van der Waals surface area contributed by atoms with Crippen molar-refractivity contribution in [2.45, 2.75) is 27.2 Å². The molecule has 0 saturated heterocycles. The molecule has 0 rings (SSSR count). The van der Waals surface area contributed by atoms with Gasteiger partial charge in [0, 0.05) is 18.9 Å². The Balaban J connectivity index is 3.63. The Labute approximate surface area is 79.2 Å². The minimum absolute atomic E-state index is 0.00376. The highest BCUT2D eigenvalue weighted by Gasteiger charge is 2.07. The van der Waals surface area contributed by atoms with Gasteiger partial charge in [-0.25, -0.2) is 0 Å². The topological polar surface area (TPSA) is 46.2 Å². The lowest BCUT2D eigenvalue weighted by Gasteiger charge is -2.06. The summed E-state index contributed by atoms with van der Waals surface area (Å²) in [5.74, 6) is -0.0431. The quantitative estimate of drug-likeness (QED) is 0.653. The van der Waals surface area contributed by atoms with Gasteiger partial charge in [-0.3, -0.25) is 9.59 Å². The van der Waals surface area contributed by atoms with Gasteiger partial charge in [0.1, 0.15) is 0 Å². The van der Waals surface area contributed by atoms with Crippen LogP contribution in [0.4, 0.5) is 0 Å². The van der Waals surface area contributed by atoms with Crippen molar-refractivity contribution >= 4 is 11.7 Å². The largest absolute Gasteiger partial charge is 0.355 e. The monoisotopic (exact) mass is 183 g/mol. The maximum absolute atomic E-state index is 11.0. The van der Waals surface area contributed by atoms with E-state index in [4.69, 9.17) is 0 Å². The maximum atomic E-state index is 11.0. The molecule has 13 heavy (non-hydrogen) atoms. The Morgan fingerprint density at radius 3 is 2.31 bits per heavy atom. The molecule has 0 aliphatic heterocycles. The lowest BCUT2D eigenvalue weighted by molar-refractivity contribution is -0.124. The first-order chi connectivity index (χ1) is 5.95. The molecule has 3 nitrogen and oxygen atoms in total. The zero-order chi connectivity index (χ0) is 10.4. The fourth-order valence-corrected chi connectivity index (χ4v) is 0.717. The van der Waals surface area contributed by atoms with Gasteiger partial charge in [0.15, 0.2) is 5.78 Å². The van der Waals surface area contributed by atoms with E-state index in [1.165, 1.54) is 0 Å². The third kappa shape index (κ3) is 5.17. The van der Waals surface area contributed by atoms with E-state index < -0.39 is 0 Å². The Kier molecular flexibility index (Phi) is 5.04. The zero-order valence-electron chi connectivity index (χ0n) is 8.52. The van der Waals surface area contributed by atoms with Crippen molar-refractivity contribution in [3.63, 3.8) is 0 Å². The van der Waals surface area contributed by atoms with Crippen molar-refractivity contribution in [3.05, 3.63) is 12.2 Å². The molecule has 3 heteroatoms. The van der Waals surface area contributed by atoms with Crippen molar-refractivity contribution in [1.29, 1.82) is 0 Å². The first kappa shape index (κ1) is 11.9. The fourth-order valence-electron chi connectivity index (χ4n) is 0.717. The van der Waals surface area contributed by atoms with Crippen LogP contribution in [0.15, 0.2) is 12.2 Å². The molecule has 0 spiro atoms. The molecule has 0 saturated carbocycles. The van der Waals surface area contributed by atoms with Crippen LogP contribution in [0, 0.1) is 5.92 Å². The Morgan fingerprint density at radius 1 is 1.38 bits per heavy atom. The van der Waals surface area contributed by atoms with Crippen LogP contribution < -0.4 is 5.32 Å². The molecule has 0 atom stereocenters. The van der Waals surface area contributed by atoms with E-state index in [0.717, 1.165) is 0 Å². The predicted octanol–water partition coefficient (Wildman–Crippen LogP) is 1.29. The summed E-state index contributed by atoms with van der Waals surface area (Å²) >= 11 is 0. The second-order valence-electron chi connectivity index (χ2n) is 3.40. The van der Waals surface area contributed by atoms with Crippen molar-refractivity contribution < 1.29 is 9.59 Å². The highest BCUT2D eigenvalue weighted by molar-refractivity contribution is 5.94. The number of amides is 1. The number of nitrogens with one attached hydrogen (secondary N) is 1. The van der Waals surface area contributed by atoms with Crippen molar-refractivity contribution in [2.75, 3.05) is 6.54 Å². The summed E-state index contributed by atoms with van der Waals surface area (Å²) in [7, 11) is 0. The van der Waals surface area contributed by atoms with Gasteiger partial charge in [-0.2, -0.15) is 0 Å². The van der Waals surface area contributed by atoms with E-state index in [-0.39, 0.29) is 17.6 Å². The molecule has 0 aliphatic rings. The molecule has 0 heterocycles. The number of hydrogen-bond acceptors (Lipinski definition) is 2. The highest BCUT2D eigenvalue weighted by Crippen LogP contribution is 1.95. The SMILES string of the molecule is C=C(C)C(=O)CCNC(=O)C(C)C. The van der Waals surface area contributed by atoms with Crippen molar-refractivity contribution in [2.24, 2.45) is 5.92 Å². The third-order valence-electron chi connectivity index (χ3n) is 1.65. The van der Waals surface area contributed by atoms with Gasteiger partial charge in [0.25, 0.3) is 0 Å². The normalized spacial score (nSPS) is 9.85. The molecule has 0 aliphatic carbocycles. The number of carbonyl (C=O) groups excluding carboxylic acids is 2. The smallest absolute Gasteiger partial charge is 0.222 e. The van der Waals surface area contributed by atoms with Gasteiger partial charge in [0.2, 0.25) is 5.91 Å². The number of Topliss-reactive ketones (excluding diaryl/α,β-unsaturated/α-hetero) is 1. The molecule has 0 aromatic carbocycles. The Bertz CT molecular complexity index is 219. The molecular formula is C10H17NO2. The van der Waals surface area contributed by atoms with Crippen LogP contribution in [0.5, 0.6) is 0 Å². The number of allylic oxidation sites excluding steroid dienone is 1. The second kappa shape index (κ2) is 5.51.